The molecule has 0 atom stereocenters. The molecule has 0 saturated carbocycles. The van der Waals surface area contributed by atoms with Gasteiger partial charge in [-0.2, -0.15) is 0 Å². The lowest BCUT2D eigenvalue weighted by molar-refractivity contribution is -0.117. The van der Waals surface area contributed by atoms with Crippen molar-refractivity contribution in [2.75, 3.05) is 13.6 Å². The van der Waals surface area contributed by atoms with Crippen molar-refractivity contribution in [2.24, 2.45) is 0 Å². The van der Waals surface area contributed by atoms with Crippen LogP contribution in [0.2, 0.25) is 0 Å². The molecule has 0 spiro atoms. The Hall–Kier alpha value is -1.48. The van der Waals surface area contributed by atoms with Crippen molar-refractivity contribution < 1.29 is 9.59 Å². The van der Waals surface area contributed by atoms with Gasteiger partial charge in [0.1, 0.15) is 0 Å². The van der Waals surface area contributed by atoms with Crippen LogP contribution in [0.1, 0.15) is 22.8 Å². The van der Waals surface area contributed by atoms with E-state index in [-0.39, 0.29) is 11.6 Å². The van der Waals surface area contributed by atoms with Crippen molar-refractivity contribution in [3.05, 3.63) is 35.4 Å². The molecule has 0 amide bonds. The number of hydrogen-bond donors (Lipinski definition) is 1. The molecular weight excluding hydrogens is 190 g/mol. The molecule has 0 aromatic heterocycles. The predicted molar refractivity (Wildman–Crippen MR) is 59.1 cm³/mol. The van der Waals surface area contributed by atoms with Crippen molar-refractivity contribution in [1.82, 2.24) is 5.32 Å². The summed E-state index contributed by atoms with van der Waals surface area (Å²) >= 11 is 0. The van der Waals surface area contributed by atoms with E-state index in [0.717, 1.165) is 5.56 Å². The Kier molecular flexibility index (Phi) is 4.18. The average molecular weight is 205 g/mol. The number of likely N-dealkylation sites (N-methyl/N-ethyl adjacent to an activating group) is 1. The maximum atomic E-state index is 11.3. The zero-order valence-electron chi connectivity index (χ0n) is 9.04. The van der Waals surface area contributed by atoms with E-state index in [1.54, 1.807) is 19.2 Å². The number of Topliss-reactive ketones (excluding diaryl/α,β-unsaturated/α-hetero) is 2. The molecular formula is C12H15NO2. The molecule has 3 heteroatoms. The highest BCUT2D eigenvalue weighted by molar-refractivity contribution is 5.94. The lowest BCUT2D eigenvalue weighted by Gasteiger charge is -2.01. The summed E-state index contributed by atoms with van der Waals surface area (Å²) in [6.07, 6.45) is 0.416. The number of carbonyl (C=O) groups excluding carboxylic acids is 2. The summed E-state index contributed by atoms with van der Waals surface area (Å²) in [6, 6.07) is 7.16. The van der Waals surface area contributed by atoms with Crippen molar-refractivity contribution >= 4 is 11.6 Å². The number of benzene rings is 1. The Labute approximate surface area is 89.5 Å². The highest BCUT2D eigenvalue weighted by Gasteiger charge is 2.03. The molecule has 1 N–H and O–H groups in total. The molecule has 0 heterocycles. The average Bonchev–Trinajstić information content (AvgIpc) is 2.18. The third-order valence-corrected chi connectivity index (χ3v) is 2.14. The number of hydrogen-bond acceptors (Lipinski definition) is 3. The van der Waals surface area contributed by atoms with Gasteiger partial charge in [-0.3, -0.25) is 9.59 Å². The van der Waals surface area contributed by atoms with Crippen LogP contribution >= 0.6 is 0 Å². The molecule has 0 aliphatic rings. The SMILES string of the molecule is CNCC(=O)Cc1ccc(C(C)=O)cc1. The van der Waals surface area contributed by atoms with Gasteiger partial charge in [0.25, 0.3) is 0 Å². The molecule has 0 aliphatic carbocycles. The highest BCUT2D eigenvalue weighted by Crippen LogP contribution is 2.06. The van der Waals surface area contributed by atoms with Crippen LogP contribution in [0, 0.1) is 0 Å². The number of ketones is 2. The van der Waals surface area contributed by atoms with E-state index >= 15 is 0 Å². The van der Waals surface area contributed by atoms with Crippen molar-refractivity contribution in [2.45, 2.75) is 13.3 Å². The maximum absolute atomic E-state index is 11.3. The van der Waals surface area contributed by atoms with Gasteiger partial charge in [-0.25, -0.2) is 0 Å². The van der Waals surface area contributed by atoms with E-state index in [1.165, 1.54) is 6.92 Å². The highest BCUT2D eigenvalue weighted by atomic mass is 16.1. The molecule has 15 heavy (non-hydrogen) atoms. The van der Waals surface area contributed by atoms with E-state index in [4.69, 9.17) is 0 Å². The molecule has 0 aliphatic heterocycles. The van der Waals surface area contributed by atoms with Gasteiger partial charge in [-0.15, -0.1) is 0 Å². The van der Waals surface area contributed by atoms with Gasteiger partial charge in [0.2, 0.25) is 0 Å². The van der Waals surface area contributed by atoms with Gasteiger partial charge in [-0.1, -0.05) is 24.3 Å². The fraction of sp³-hybridized carbons (Fsp3) is 0.333. The zero-order valence-corrected chi connectivity index (χ0v) is 9.04. The first-order valence-corrected chi connectivity index (χ1v) is 4.89. The van der Waals surface area contributed by atoms with Gasteiger partial charge < -0.3 is 5.32 Å². The van der Waals surface area contributed by atoms with E-state index in [1.807, 2.05) is 12.1 Å². The van der Waals surface area contributed by atoms with Crippen LogP contribution in [0.15, 0.2) is 24.3 Å². The topological polar surface area (TPSA) is 46.2 Å². The summed E-state index contributed by atoms with van der Waals surface area (Å²) in [5.41, 5.74) is 1.63. The molecule has 1 aromatic carbocycles. The quantitative estimate of drug-likeness (QED) is 0.735. The van der Waals surface area contributed by atoms with Crippen LogP contribution in [0.4, 0.5) is 0 Å². The second kappa shape index (κ2) is 5.41. The predicted octanol–water partition coefficient (Wildman–Crippen LogP) is 1.22. The third-order valence-electron chi connectivity index (χ3n) is 2.14. The summed E-state index contributed by atoms with van der Waals surface area (Å²) in [5.74, 6) is 0.191. The molecule has 0 saturated heterocycles. The standard InChI is InChI=1S/C12H15NO2/c1-9(14)11-5-3-10(4-6-11)7-12(15)8-13-2/h3-6,13H,7-8H2,1-2H3. The molecule has 0 radical (unpaired) electrons. The van der Waals surface area contributed by atoms with E-state index in [2.05, 4.69) is 5.32 Å². The van der Waals surface area contributed by atoms with Gasteiger partial charge >= 0.3 is 0 Å². The summed E-state index contributed by atoms with van der Waals surface area (Å²) in [6.45, 7) is 1.91. The summed E-state index contributed by atoms with van der Waals surface area (Å²) in [5, 5.41) is 2.81. The van der Waals surface area contributed by atoms with Crippen LogP contribution in [-0.4, -0.2) is 25.2 Å². The Balaban J connectivity index is 2.64. The summed E-state index contributed by atoms with van der Waals surface area (Å²) < 4.78 is 0. The Morgan fingerprint density at radius 2 is 1.80 bits per heavy atom. The normalized spacial score (nSPS) is 10.0. The second-order valence-electron chi connectivity index (χ2n) is 3.50. The molecule has 3 nitrogen and oxygen atoms in total. The minimum absolute atomic E-state index is 0.0445. The van der Waals surface area contributed by atoms with Crippen LogP contribution < -0.4 is 5.32 Å². The smallest absolute Gasteiger partial charge is 0.159 e. The third kappa shape index (κ3) is 3.64. The molecule has 0 bridgehead atoms. The first-order chi connectivity index (χ1) is 7.13. The maximum Gasteiger partial charge on any atom is 0.159 e. The second-order valence-corrected chi connectivity index (χ2v) is 3.50. The van der Waals surface area contributed by atoms with Gasteiger partial charge in [0.05, 0.1) is 6.54 Å². The van der Waals surface area contributed by atoms with Crippen molar-refractivity contribution in [3.63, 3.8) is 0 Å². The van der Waals surface area contributed by atoms with E-state index in [0.29, 0.717) is 18.5 Å². The Morgan fingerprint density at radius 3 is 2.27 bits per heavy atom. The molecule has 0 unspecified atom stereocenters. The minimum Gasteiger partial charge on any atom is -0.313 e. The van der Waals surface area contributed by atoms with Crippen molar-refractivity contribution in [3.8, 4) is 0 Å². The zero-order chi connectivity index (χ0) is 11.3. The molecule has 80 valence electrons. The van der Waals surface area contributed by atoms with E-state index < -0.39 is 0 Å². The minimum atomic E-state index is 0.0445. The van der Waals surface area contributed by atoms with Gasteiger partial charge in [0.15, 0.2) is 11.6 Å². The summed E-state index contributed by atoms with van der Waals surface area (Å²) in [4.78, 5) is 22.3. The summed E-state index contributed by atoms with van der Waals surface area (Å²) in [7, 11) is 1.75. The first kappa shape index (κ1) is 11.6. The van der Waals surface area contributed by atoms with Crippen LogP contribution in [-0.2, 0) is 11.2 Å². The van der Waals surface area contributed by atoms with E-state index in [9.17, 15) is 9.59 Å². The molecule has 1 aromatic rings. The lowest BCUT2D eigenvalue weighted by atomic mass is 10.1. The van der Waals surface area contributed by atoms with Gasteiger partial charge in [0, 0.05) is 12.0 Å². The monoisotopic (exact) mass is 205 g/mol. The fourth-order valence-corrected chi connectivity index (χ4v) is 1.34. The van der Waals surface area contributed by atoms with Crippen molar-refractivity contribution in [1.29, 1.82) is 0 Å². The fourth-order valence-electron chi connectivity index (χ4n) is 1.34. The number of carbonyl (C=O) groups is 2. The number of rotatable bonds is 5. The van der Waals surface area contributed by atoms with Crippen LogP contribution in [0.25, 0.3) is 0 Å². The van der Waals surface area contributed by atoms with Crippen LogP contribution in [0.5, 0.6) is 0 Å². The number of nitrogens with one attached hydrogen (secondary N) is 1. The van der Waals surface area contributed by atoms with Crippen LogP contribution in [0.3, 0.4) is 0 Å². The molecule has 0 fully saturated rings. The molecule has 1 rings (SSSR count). The first-order valence-electron chi connectivity index (χ1n) is 4.89. The Morgan fingerprint density at radius 1 is 1.20 bits per heavy atom. The largest absolute Gasteiger partial charge is 0.313 e. The lowest BCUT2D eigenvalue weighted by Crippen LogP contribution is -2.20. The van der Waals surface area contributed by atoms with Gasteiger partial charge in [-0.05, 0) is 19.5 Å². The Bertz CT molecular complexity index is 354.